The van der Waals surface area contributed by atoms with Gasteiger partial charge in [0.2, 0.25) is 0 Å². The molecule has 0 saturated carbocycles. The maximum atomic E-state index is 12.5. The highest BCUT2D eigenvalue weighted by molar-refractivity contribution is 6.89. The van der Waals surface area contributed by atoms with Crippen molar-refractivity contribution in [2.45, 2.75) is 58.9 Å². The third-order valence-electron chi connectivity index (χ3n) is 4.70. The van der Waals surface area contributed by atoms with Crippen LogP contribution in [-0.2, 0) is 16.0 Å². The lowest BCUT2D eigenvalue weighted by Gasteiger charge is -2.35. The Morgan fingerprint density at radius 3 is 2.74 bits per heavy atom. The summed E-state index contributed by atoms with van der Waals surface area (Å²) in [7, 11) is -1.52. The van der Waals surface area contributed by atoms with Crippen LogP contribution in [0.4, 0.5) is 0 Å². The van der Waals surface area contributed by atoms with Crippen molar-refractivity contribution in [3.05, 3.63) is 29.7 Å². The Hall–Kier alpha value is -1.33. The summed E-state index contributed by atoms with van der Waals surface area (Å²) in [4.78, 5) is 12.5. The molecule has 0 fully saturated rings. The number of aliphatic hydroxyl groups excluding tert-OH is 1. The van der Waals surface area contributed by atoms with Crippen molar-refractivity contribution in [2.75, 3.05) is 6.61 Å². The quantitative estimate of drug-likeness (QED) is 0.510. The summed E-state index contributed by atoms with van der Waals surface area (Å²) in [5.41, 5.74) is 1.40. The second-order valence-electron chi connectivity index (χ2n) is 7.59. The van der Waals surface area contributed by atoms with Crippen molar-refractivity contribution in [3.8, 4) is 0 Å². The maximum Gasteiger partial charge on any atom is 0.315 e. The molecule has 1 aromatic heterocycles. The van der Waals surface area contributed by atoms with Crippen LogP contribution in [0.1, 0.15) is 32.3 Å². The number of aliphatic hydroxyl groups is 1. The summed E-state index contributed by atoms with van der Waals surface area (Å²) in [5, 5.41) is 11.3. The third kappa shape index (κ3) is 3.78. The summed E-state index contributed by atoms with van der Waals surface area (Å²) < 4.78 is 10.7. The van der Waals surface area contributed by atoms with E-state index in [2.05, 4.69) is 19.6 Å². The molecule has 2 unspecified atom stereocenters. The highest BCUT2D eigenvalue weighted by Gasteiger charge is 2.41. The lowest BCUT2D eigenvalue weighted by atomic mass is 9.71. The SMILES string of the molecule is CCOC(=O)C1(C)CCC(O)C=C1Cc1cocc1[Si](C)(C)C. The summed E-state index contributed by atoms with van der Waals surface area (Å²) in [6.45, 7) is 10.9. The second kappa shape index (κ2) is 6.65. The minimum atomic E-state index is -1.52. The predicted octanol–water partition coefficient (Wildman–Crippen LogP) is 3.02. The fourth-order valence-corrected chi connectivity index (χ4v) is 4.73. The average molecular weight is 337 g/mol. The van der Waals surface area contributed by atoms with Crippen LogP contribution >= 0.6 is 0 Å². The topological polar surface area (TPSA) is 59.7 Å². The molecule has 0 amide bonds. The zero-order chi connectivity index (χ0) is 17.3. The molecule has 0 spiro atoms. The monoisotopic (exact) mass is 336 g/mol. The molecular formula is C18H28O4Si. The van der Waals surface area contributed by atoms with E-state index in [1.807, 2.05) is 26.2 Å². The van der Waals surface area contributed by atoms with Crippen LogP contribution in [0.3, 0.4) is 0 Å². The molecule has 1 aliphatic rings. The van der Waals surface area contributed by atoms with E-state index < -0.39 is 19.6 Å². The van der Waals surface area contributed by atoms with Gasteiger partial charge in [0.05, 0.1) is 38.7 Å². The molecule has 23 heavy (non-hydrogen) atoms. The lowest BCUT2D eigenvalue weighted by Crippen LogP contribution is -2.41. The molecule has 128 valence electrons. The number of ether oxygens (including phenoxy) is 1. The Bertz CT molecular complexity index is 596. The lowest BCUT2D eigenvalue weighted by molar-refractivity contribution is -0.153. The first-order chi connectivity index (χ1) is 10.7. The summed E-state index contributed by atoms with van der Waals surface area (Å²) in [6, 6.07) is 0. The molecule has 5 heteroatoms. The zero-order valence-corrected chi connectivity index (χ0v) is 15.8. The van der Waals surface area contributed by atoms with Gasteiger partial charge in [-0.15, -0.1) is 0 Å². The van der Waals surface area contributed by atoms with E-state index in [-0.39, 0.29) is 5.97 Å². The zero-order valence-electron chi connectivity index (χ0n) is 14.8. The van der Waals surface area contributed by atoms with E-state index >= 15 is 0 Å². The van der Waals surface area contributed by atoms with Crippen molar-refractivity contribution in [1.82, 2.24) is 0 Å². The number of esters is 1. The molecular weight excluding hydrogens is 308 g/mol. The van der Waals surface area contributed by atoms with Gasteiger partial charge in [-0.25, -0.2) is 0 Å². The van der Waals surface area contributed by atoms with Crippen LogP contribution < -0.4 is 5.19 Å². The van der Waals surface area contributed by atoms with Crippen LogP contribution in [0.25, 0.3) is 0 Å². The third-order valence-corrected chi connectivity index (χ3v) is 6.75. The van der Waals surface area contributed by atoms with Crippen LogP contribution in [-0.4, -0.2) is 31.9 Å². The van der Waals surface area contributed by atoms with E-state index in [1.165, 1.54) is 5.19 Å². The standard InChI is InChI=1S/C18H28O4Si/c1-6-22-17(20)18(2)8-7-15(19)10-14(18)9-13-11-21-12-16(13)23(3,4)5/h10-12,15,19H,6-9H2,1-5H3. The number of furan rings is 1. The van der Waals surface area contributed by atoms with E-state index in [1.54, 1.807) is 6.26 Å². The molecule has 1 aromatic rings. The molecule has 0 saturated heterocycles. The molecule has 0 aliphatic heterocycles. The van der Waals surface area contributed by atoms with Crippen LogP contribution in [0, 0.1) is 5.41 Å². The average Bonchev–Trinajstić information content (AvgIpc) is 2.91. The normalized spacial score (nSPS) is 25.1. The number of rotatable bonds is 5. The highest BCUT2D eigenvalue weighted by Crippen LogP contribution is 2.40. The maximum absolute atomic E-state index is 12.5. The first-order valence-corrected chi connectivity index (χ1v) is 11.8. The molecule has 2 rings (SSSR count). The van der Waals surface area contributed by atoms with E-state index in [0.717, 1.165) is 11.1 Å². The van der Waals surface area contributed by atoms with Gasteiger partial charge >= 0.3 is 5.97 Å². The van der Waals surface area contributed by atoms with Gasteiger partial charge in [0.1, 0.15) is 0 Å². The predicted molar refractivity (Wildman–Crippen MR) is 93.5 cm³/mol. The van der Waals surface area contributed by atoms with Crippen molar-refractivity contribution >= 4 is 19.2 Å². The molecule has 1 N–H and O–H groups in total. The summed E-state index contributed by atoms with van der Waals surface area (Å²) in [6.07, 6.45) is 6.78. The Morgan fingerprint density at radius 2 is 2.13 bits per heavy atom. The summed E-state index contributed by atoms with van der Waals surface area (Å²) >= 11 is 0. The highest BCUT2D eigenvalue weighted by atomic mass is 28.3. The summed E-state index contributed by atoms with van der Waals surface area (Å²) in [5.74, 6) is -0.198. The van der Waals surface area contributed by atoms with Crippen molar-refractivity contribution in [2.24, 2.45) is 5.41 Å². The van der Waals surface area contributed by atoms with Crippen LogP contribution in [0.5, 0.6) is 0 Å². The number of carbonyl (C=O) groups is 1. The molecule has 0 aromatic carbocycles. The van der Waals surface area contributed by atoms with Gasteiger partial charge in [-0.1, -0.05) is 31.3 Å². The Labute approximate surface area is 139 Å². The molecule has 2 atom stereocenters. The second-order valence-corrected chi connectivity index (χ2v) is 12.6. The van der Waals surface area contributed by atoms with E-state index in [4.69, 9.17) is 9.15 Å². The first kappa shape index (κ1) is 18.0. The minimum Gasteiger partial charge on any atom is -0.472 e. The Morgan fingerprint density at radius 1 is 1.43 bits per heavy atom. The fourth-order valence-electron chi connectivity index (χ4n) is 3.20. The van der Waals surface area contributed by atoms with Crippen LogP contribution in [0.15, 0.2) is 28.6 Å². The Balaban J connectivity index is 2.35. The molecule has 1 aliphatic carbocycles. The largest absolute Gasteiger partial charge is 0.472 e. The fraction of sp³-hybridized carbons (Fsp3) is 0.611. The van der Waals surface area contributed by atoms with Gasteiger partial charge in [-0.05, 0) is 43.9 Å². The van der Waals surface area contributed by atoms with Gasteiger partial charge in [-0.3, -0.25) is 4.79 Å². The number of carbonyl (C=O) groups excluding carboxylic acids is 1. The van der Waals surface area contributed by atoms with Gasteiger partial charge in [0.25, 0.3) is 0 Å². The molecule has 0 bridgehead atoms. The van der Waals surface area contributed by atoms with Gasteiger partial charge in [-0.2, -0.15) is 0 Å². The molecule has 1 heterocycles. The van der Waals surface area contributed by atoms with Gasteiger partial charge in [0.15, 0.2) is 0 Å². The van der Waals surface area contributed by atoms with Crippen molar-refractivity contribution < 1.29 is 19.1 Å². The molecule has 4 nitrogen and oxygen atoms in total. The number of hydrogen-bond donors (Lipinski definition) is 1. The number of hydrogen-bond acceptors (Lipinski definition) is 4. The van der Waals surface area contributed by atoms with Crippen molar-refractivity contribution in [1.29, 1.82) is 0 Å². The molecule has 0 radical (unpaired) electrons. The van der Waals surface area contributed by atoms with Gasteiger partial charge in [0, 0.05) is 0 Å². The van der Waals surface area contributed by atoms with E-state index in [0.29, 0.717) is 25.9 Å². The van der Waals surface area contributed by atoms with Crippen LogP contribution in [0.2, 0.25) is 19.6 Å². The Kier molecular flexibility index (Phi) is 5.21. The minimum absolute atomic E-state index is 0.198. The van der Waals surface area contributed by atoms with E-state index in [9.17, 15) is 9.90 Å². The van der Waals surface area contributed by atoms with Gasteiger partial charge < -0.3 is 14.3 Å². The first-order valence-electron chi connectivity index (χ1n) is 8.30. The smallest absolute Gasteiger partial charge is 0.315 e. The van der Waals surface area contributed by atoms with Crippen molar-refractivity contribution in [3.63, 3.8) is 0 Å².